The summed E-state index contributed by atoms with van der Waals surface area (Å²) in [6, 6.07) is 26.4. The van der Waals surface area contributed by atoms with Gasteiger partial charge in [-0.25, -0.2) is 0 Å². The van der Waals surface area contributed by atoms with Crippen LogP contribution >= 0.6 is 0 Å². The zero-order valence-corrected chi connectivity index (χ0v) is 19.2. The molecule has 3 aromatic carbocycles. The van der Waals surface area contributed by atoms with Gasteiger partial charge in [-0.15, -0.1) is 0 Å². The predicted octanol–water partition coefficient (Wildman–Crippen LogP) is 4.36. The number of hydrogen-bond donors (Lipinski definition) is 1. The van der Waals surface area contributed by atoms with E-state index in [-0.39, 0.29) is 27.1 Å². The standard InChI is InChI=1S/C26H26AsO3/c1-25(2,20-9-5-3-6-10-20)17-26(29,21-11-7-4-8-12-21)18-27-22-13-14-23-19(15-22)16-30-24(23)28/h3-15,29H,16-18H2,1-2H3. The Kier molecular flexibility index (Phi) is 5.86. The molecule has 30 heavy (non-hydrogen) atoms. The van der Waals surface area contributed by atoms with Crippen molar-refractivity contribution in [3.05, 3.63) is 101 Å². The number of cyclic esters (lactones) is 1. The van der Waals surface area contributed by atoms with E-state index in [4.69, 9.17) is 4.74 Å². The maximum absolute atomic E-state index is 11.9. The summed E-state index contributed by atoms with van der Waals surface area (Å²) >= 11 is -0.280. The molecule has 0 saturated heterocycles. The molecule has 1 unspecified atom stereocenters. The van der Waals surface area contributed by atoms with Gasteiger partial charge in [0.2, 0.25) is 0 Å². The molecule has 153 valence electrons. The van der Waals surface area contributed by atoms with Gasteiger partial charge >= 0.3 is 185 Å². The van der Waals surface area contributed by atoms with Crippen molar-refractivity contribution < 1.29 is 14.6 Å². The third-order valence-electron chi connectivity index (χ3n) is 5.79. The zero-order valence-electron chi connectivity index (χ0n) is 17.3. The fourth-order valence-corrected chi connectivity index (χ4v) is 6.61. The number of carbonyl (C=O) groups is 1. The van der Waals surface area contributed by atoms with Gasteiger partial charge in [-0.05, 0) is 0 Å². The third-order valence-corrected chi connectivity index (χ3v) is 8.57. The van der Waals surface area contributed by atoms with Gasteiger partial charge in [0.25, 0.3) is 0 Å². The predicted molar refractivity (Wildman–Crippen MR) is 120 cm³/mol. The molecule has 4 rings (SSSR count). The van der Waals surface area contributed by atoms with E-state index in [9.17, 15) is 9.90 Å². The molecule has 4 heteroatoms. The quantitative estimate of drug-likeness (QED) is 0.420. The second-order valence-electron chi connectivity index (χ2n) is 8.56. The van der Waals surface area contributed by atoms with Crippen LogP contribution < -0.4 is 4.35 Å². The SMILES string of the molecule is CC(C)(CC(O)(C[As]c1ccc2c(c1)COC2=O)c1ccccc1)c1ccccc1. The van der Waals surface area contributed by atoms with Crippen molar-refractivity contribution in [2.45, 2.75) is 43.1 Å². The van der Waals surface area contributed by atoms with Gasteiger partial charge in [0, 0.05) is 0 Å². The number of fused-ring (bicyclic) bond motifs is 1. The summed E-state index contributed by atoms with van der Waals surface area (Å²) in [5.41, 5.74) is 2.72. The van der Waals surface area contributed by atoms with E-state index < -0.39 is 5.60 Å². The minimum absolute atomic E-state index is 0.175. The van der Waals surface area contributed by atoms with E-state index >= 15 is 0 Å². The molecule has 0 fully saturated rings. The van der Waals surface area contributed by atoms with Gasteiger partial charge < -0.3 is 0 Å². The molecule has 1 aliphatic heterocycles. The molecular formula is C26H26AsO3. The summed E-state index contributed by atoms with van der Waals surface area (Å²) in [7, 11) is 0. The van der Waals surface area contributed by atoms with Crippen molar-refractivity contribution >= 4 is 26.1 Å². The van der Waals surface area contributed by atoms with Gasteiger partial charge in [0.05, 0.1) is 0 Å². The Morgan fingerprint density at radius 2 is 1.57 bits per heavy atom. The van der Waals surface area contributed by atoms with Crippen molar-refractivity contribution in [1.29, 1.82) is 0 Å². The topological polar surface area (TPSA) is 46.5 Å². The molecule has 1 atom stereocenters. The Bertz CT molecular complexity index is 1030. The van der Waals surface area contributed by atoms with Crippen LogP contribution in [0.5, 0.6) is 0 Å². The Hall–Kier alpha value is -2.35. The summed E-state index contributed by atoms with van der Waals surface area (Å²) in [5.74, 6) is -0.238. The van der Waals surface area contributed by atoms with Crippen LogP contribution in [0.15, 0.2) is 78.9 Å². The number of carbonyl (C=O) groups excluding carboxylic acids is 1. The normalized spacial score (nSPS) is 15.8. The van der Waals surface area contributed by atoms with Crippen LogP contribution in [0.2, 0.25) is 5.21 Å². The van der Waals surface area contributed by atoms with Gasteiger partial charge in [-0.1, -0.05) is 0 Å². The third kappa shape index (κ3) is 4.38. The van der Waals surface area contributed by atoms with E-state index in [2.05, 4.69) is 44.2 Å². The van der Waals surface area contributed by atoms with Crippen LogP contribution in [-0.4, -0.2) is 26.8 Å². The summed E-state index contributed by atoms with van der Waals surface area (Å²) in [6.07, 6.45) is 0.635. The van der Waals surface area contributed by atoms with Crippen molar-refractivity contribution in [2.75, 3.05) is 0 Å². The molecule has 0 amide bonds. The molecule has 0 aromatic heterocycles. The summed E-state index contributed by atoms with van der Waals surface area (Å²) < 4.78 is 6.33. The number of esters is 1. The molecule has 0 aliphatic carbocycles. The molecule has 3 nitrogen and oxygen atoms in total. The fraction of sp³-hybridized carbons (Fsp3) is 0.269. The second-order valence-corrected chi connectivity index (χ2v) is 11.0. The van der Waals surface area contributed by atoms with E-state index in [0.29, 0.717) is 23.8 Å². The monoisotopic (exact) mass is 461 g/mol. The summed E-state index contributed by atoms with van der Waals surface area (Å²) in [5, 5.41) is 12.6. The van der Waals surface area contributed by atoms with Crippen molar-refractivity contribution in [2.24, 2.45) is 0 Å². The zero-order chi connectivity index (χ0) is 21.2. The molecule has 0 saturated carbocycles. The summed E-state index contributed by atoms with van der Waals surface area (Å²) in [6.45, 7) is 4.75. The molecule has 0 bridgehead atoms. The van der Waals surface area contributed by atoms with Gasteiger partial charge in [-0.2, -0.15) is 0 Å². The van der Waals surface area contributed by atoms with E-state index in [0.717, 1.165) is 11.1 Å². The Morgan fingerprint density at radius 1 is 0.933 bits per heavy atom. The number of rotatable bonds is 7. The van der Waals surface area contributed by atoms with Crippen molar-refractivity contribution in [3.63, 3.8) is 0 Å². The first-order valence-electron chi connectivity index (χ1n) is 10.2. The fourth-order valence-electron chi connectivity index (χ4n) is 4.16. The van der Waals surface area contributed by atoms with Crippen molar-refractivity contribution in [1.82, 2.24) is 0 Å². The van der Waals surface area contributed by atoms with Crippen LogP contribution in [0.4, 0.5) is 0 Å². The second kappa shape index (κ2) is 8.41. The Labute approximate surface area is 184 Å². The van der Waals surface area contributed by atoms with E-state index in [1.165, 1.54) is 9.91 Å². The maximum atomic E-state index is 11.9. The number of hydrogen-bond acceptors (Lipinski definition) is 3. The van der Waals surface area contributed by atoms with Gasteiger partial charge in [-0.3, -0.25) is 0 Å². The Morgan fingerprint density at radius 3 is 2.23 bits per heavy atom. The Balaban J connectivity index is 1.60. The molecule has 1 heterocycles. The number of aliphatic hydroxyl groups is 1. The molecule has 0 spiro atoms. The first-order valence-corrected chi connectivity index (χ1v) is 12.4. The van der Waals surface area contributed by atoms with Crippen LogP contribution in [0.1, 0.15) is 47.3 Å². The number of ether oxygens (including phenoxy) is 1. The van der Waals surface area contributed by atoms with Crippen molar-refractivity contribution in [3.8, 4) is 0 Å². The first-order chi connectivity index (χ1) is 14.4. The summed E-state index contributed by atoms with van der Waals surface area (Å²) in [4.78, 5) is 11.7. The van der Waals surface area contributed by atoms with Gasteiger partial charge in [0.15, 0.2) is 0 Å². The molecule has 1 N–H and O–H groups in total. The number of benzene rings is 3. The minimum atomic E-state index is -0.925. The first kappa shape index (κ1) is 20.9. The van der Waals surface area contributed by atoms with Gasteiger partial charge in [0.1, 0.15) is 0 Å². The molecule has 1 aliphatic rings. The average Bonchev–Trinajstić information content (AvgIpc) is 3.13. The van der Waals surface area contributed by atoms with E-state index in [1.54, 1.807) is 0 Å². The molecule has 1 radical (unpaired) electrons. The van der Waals surface area contributed by atoms with Crippen LogP contribution in [0.25, 0.3) is 0 Å². The van der Waals surface area contributed by atoms with Crippen LogP contribution in [0.3, 0.4) is 0 Å². The van der Waals surface area contributed by atoms with E-state index in [1.807, 2.05) is 48.5 Å². The van der Waals surface area contributed by atoms with Crippen LogP contribution in [0, 0.1) is 0 Å². The average molecular weight is 461 g/mol. The molecular weight excluding hydrogens is 435 g/mol. The molecule has 3 aromatic rings. The van der Waals surface area contributed by atoms with Crippen LogP contribution in [-0.2, 0) is 22.4 Å².